The molecular weight excluding hydrogens is 309 g/mol. The van der Waals surface area contributed by atoms with Gasteiger partial charge >= 0.3 is 0 Å². The second kappa shape index (κ2) is 6.30. The van der Waals surface area contributed by atoms with E-state index >= 15 is 0 Å². The molecule has 1 N–H and O–H groups in total. The molecule has 0 aliphatic carbocycles. The highest BCUT2D eigenvalue weighted by Gasteiger charge is 2.20. The summed E-state index contributed by atoms with van der Waals surface area (Å²) in [7, 11) is 0. The Labute approximate surface area is 121 Å². The fourth-order valence-corrected chi connectivity index (χ4v) is 2.71. The van der Waals surface area contributed by atoms with Gasteiger partial charge in [0.05, 0.1) is 6.04 Å². The first kappa shape index (κ1) is 14.2. The summed E-state index contributed by atoms with van der Waals surface area (Å²) in [6, 6.07) is 4.71. The number of halogens is 2. The molecule has 1 aromatic carbocycles. The maximum absolute atomic E-state index is 13.2. The van der Waals surface area contributed by atoms with Crippen molar-refractivity contribution in [2.24, 2.45) is 0 Å². The SMILES string of the molecule is CCNC(c1ccc(F)cc1Br)c1nccn1CC. The minimum absolute atomic E-state index is 0.0464. The van der Waals surface area contributed by atoms with Crippen molar-refractivity contribution in [3.63, 3.8) is 0 Å². The first-order valence-electron chi connectivity index (χ1n) is 6.36. The van der Waals surface area contributed by atoms with Gasteiger partial charge in [0, 0.05) is 23.4 Å². The van der Waals surface area contributed by atoms with Crippen molar-refractivity contribution in [1.82, 2.24) is 14.9 Å². The minimum atomic E-state index is -0.246. The molecule has 0 spiro atoms. The number of imidazole rings is 1. The number of nitrogens with one attached hydrogen (secondary N) is 1. The third-order valence-corrected chi connectivity index (χ3v) is 3.72. The van der Waals surface area contributed by atoms with Crippen LogP contribution in [-0.2, 0) is 6.54 Å². The van der Waals surface area contributed by atoms with E-state index in [1.54, 1.807) is 12.3 Å². The van der Waals surface area contributed by atoms with Gasteiger partial charge in [-0.2, -0.15) is 0 Å². The van der Waals surface area contributed by atoms with Crippen LogP contribution in [0.5, 0.6) is 0 Å². The first-order valence-corrected chi connectivity index (χ1v) is 7.16. The quantitative estimate of drug-likeness (QED) is 0.911. The van der Waals surface area contributed by atoms with E-state index in [9.17, 15) is 4.39 Å². The Kier molecular flexibility index (Phi) is 4.71. The lowest BCUT2D eigenvalue weighted by molar-refractivity contribution is 0.555. The number of hydrogen-bond donors (Lipinski definition) is 1. The zero-order chi connectivity index (χ0) is 13.8. The molecular formula is C14H17BrFN3. The van der Waals surface area contributed by atoms with E-state index in [0.29, 0.717) is 0 Å². The van der Waals surface area contributed by atoms with Crippen molar-refractivity contribution >= 4 is 15.9 Å². The van der Waals surface area contributed by atoms with Crippen LogP contribution in [-0.4, -0.2) is 16.1 Å². The first-order chi connectivity index (χ1) is 9.17. The fraction of sp³-hybridized carbons (Fsp3) is 0.357. The van der Waals surface area contributed by atoms with Crippen molar-refractivity contribution < 1.29 is 4.39 Å². The Hall–Kier alpha value is -1.20. The molecule has 1 aromatic heterocycles. The lowest BCUT2D eigenvalue weighted by Gasteiger charge is -2.20. The third-order valence-electron chi connectivity index (χ3n) is 3.03. The van der Waals surface area contributed by atoms with Crippen LogP contribution in [0.3, 0.4) is 0 Å². The molecule has 1 heterocycles. The molecule has 0 aliphatic heterocycles. The molecule has 2 rings (SSSR count). The molecule has 1 unspecified atom stereocenters. The highest BCUT2D eigenvalue weighted by molar-refractivity contribution is 9.10. The topological polar surface area (TPSA) is 29.9 Å². The average Bonchev–Trinajstić information content (AvgIpc) is 2.85. The summed E-state index contributed by atoms with van der Waals surface area (Å²) in [4.78, 5) is 4.43. The zero-order valence-corrected chi connectivity index (χ0v) is 12.6. The predicted molar refractivity (Wildman–Crippen MR) is 77.5 cm³/mol. The summed E-state index contributed by atoms with van der Waals surface area (Å²) in [5.74, 6) is 0.696. The lowest BCUT2D eigenvalue weighted by atomic mass is 10.1. The van der Waals surface area contributed by atoms with E-state index in [2.05, 4.69) is 37.7 Å². The smallest absolute Gasteiger partial charge is 0.130 e. The number of aryl methyl sites for hydroxylation is 1. The largest absolute Gasteiger partial charge is 0.334 e. The third kappa shape index (κ3) is 3.04. The fourth-order valence-electron chi connectivity index (χ4n) is 2.13. The number of benzene rings is 1. The minimum Gasteiger partial charge on any atom is -0.334 e. The summed E-state index contributed by atoms with van der Waals surface area (Å²) < 4.78 is 16.1. The Bertz CT molecular complexity index is 553. The van der Waals surface area contributed by atoms with Gasteiger partial charge in [-0.1, -0.05) is 28.9 Å². The Morgan fingerprint density at radius 1 is 1.42 bits per heavy atom. The summed E-state index contributed by atoms with van der Waals surface area (Å²) in [5.41, 5.74) is 0.990. The summed E-state index contributed by atoms with van der Waals surface area (Å²) in [5, 5.41) is 3.40. The van der Waals surface area contributed by atoms with Crippen LogP contribution >= 0.6 is 15.9 Å². The van der Waals surface area contributed by atoms with E-state index in [4.69, 9.17) is 0 Å². The van der Waals surface area contributed by atoms with Crippen LogP contribution in [0.2, 0.25) is 0 Å². The van der Waals surface area contributed by atoms with Gasteiger partial charge in [0.2, 0.25) is 0 Å². The molecule has 19 heavy (non-hydrogen) atoms. The summed E-state index contributed by atoms with van der Waals surface area (Å²) in [6.45, 7) is 5.79. The monoisotopic (exact) mass is 325 g/mol. The maximum atomic E-state index is 13.2. The van der Waals surface area contributed by atoms with Gasteiger partial charge in [0.15, 0.2) is 0 Å². The summed E-state index contributed by atoms with van der Waals surface area (Å²) >= 11 is 3.43. The Morgan fingerprint density at radius 3 is 2.84 bits per heavy atom. The van der Waals surface area contributed by atoms with Crippen LogP contribution in [0.4, 0.5) is 4.39 Å². The molecule has 3 nitrogen and oxygen atoms in total. The van der Waals surface area contributed by atoms with Gasteiger partial charge < -0.3 is 9.88 Å². The van der Waals surface area contributed by atoms with Crippen molar-refractivity contribution in [1.29, 1.82) is 0 Å². The van der Waals surface area contributed by atoms with E-state index < -0.39 is 0 Å². The van der Waals surface area contributed by atoms with E-state index in [-0.39, 0.29) is 11.9 Å². The van der Waals surface area contributed by atoms with Gasteiger partial charge in [0.25, 0.3) is 0 Å². The molecule has 0 radical (unpaired) electrons. The van der Waals surface area contributed by atoms with Gasteiger partial charge in [0.1, 0.15) is 11.6 Å². The molecule has 1 atom stereocenters. The van der Waals surface area contributed by atoms with E-state index in [1.807, 2.05) is 13.1 Å². The van der Waals surface area contributed by atoms with Gasteiger partial charge in [-0.25, -0.2) is 9.37 Å². The molecule has 0 amide bonds. The predicted octanol–water partition coefficient (Wildman–Crippen LogP) is 3.50. The number of rotatable bonds is 5. The van der Waals surface area contributed by atoms with Crippen molar-refractivity contribution in [3.05, 3.63) is 52.3 Å². The van der Waals surface area contributed by atoms with E-state index in [0.717, 1.165) is 29.0 Å². The number of aromatic nitrogens is 2. The molecule has 5 heteroatoms. The standard InChI is InChI=1S/C14H17BrFN3/c1-3-17-13(14-18-7-8-19(14)4-2)11-6-5-10(16)9-12(11)15/h5-9,13,17H,3-4H2,1-2H3. The van der Waals surface area contributed by atoms with Crippen LogP contribution in [0.15, 0.2) is 35.1 Å². The van der Waals surface area contributed by atoms with Crippen LogP contribution in [0.1, 0.15) is 31.3 Å². The molecule has 0 aliphatic rings. The molecule has 102 valence electrons. The van der Waals surface area contributed by atoms with Crippen molar-refractivity contribution in [3.8, 4) is 0 Å². The lowest BCUT2D eigenvalue weighted by Crippen LogP contribution is -2.25. The van der Waals surface area contributed by atoms with Gasteiger partial charge in [-0.3, -0.25) is 0 Å². The maximum Gasteiger partial charge on any atom is 0.130 e. The van der Waals surface area contributed by atoms with Crippen LogP contribution in [0, 0.1) is 5.82 Å². The summed E-state index contributed by atoms with van der Waals surface area (Å²) in [6.07, 6.45) is 3.75. The second-order valence-corrected chi connectivity index (χ2v) is 5.08. The Morgan fingerprint density at radius 2 is 2.21 bits per heavy atom. The molecule has 0 saturated carbocycles. The number of nitrogens with zero attached hydrogens (tertiary/aromatic N) is 2. The number of hydrogen-bond acceptors (Lipinski definition) is 2. The van der Waals surface area contributed by atoms with E-state index in [1.165, 1.54) is 12.1 Å². The second-order valence-electron chi connectivity index (χ2n) is 4.23. The van der Waals surface area contributed by atoms with Crippen molar-refractivity contribution in [2.75, 3.05) is 6.54 Å². The normalized spacial score (nSPS) is 12.6. The molecule has 2 aromatic rings. The molecule has 0 fully saturated rings. The van der Waals surface area contributed by atoms with Gasteiger partial charge in [-0.15, -0.1) is 0 Å². The van der Waals surface area contributed by atoms with Gasteiger partial charge in [-0.05, 0) is 31.2 Å². The molecule has 0 bridgehead atoms. The highest BCUT2D eigenvalue weighted by atomic mass is 79.9. The molecule has 0 saturated heterocycles. The zero-order valence-electron chi connectivity index (χ0n) is 11.0. The van der Waals surface area contributed by atoms with Crippen LogP contribution in [0.25, 0.3) is 0 Å². The van der Waals surface area contributed by atoms with Crippen molar-refractivity contribution in [2.45, 2.75) is 26.4 Å². The average molecular weight is 326 g/mol. The van der Waals surface area contributed by atoms with Crippen LogP contribution < -0.4 is 5.32 Å². The Balaban J connectivity index is 2.45. The highest BCUT2D eigenvalue weighted by Crippen LogP contribution is 2.28.